The van der Waals surface area contributed by atoms with Gasteiger partial charge in [-0.2, -0.15) is 0 Å². The van der Waals surface area contributed by atoms with Gasteiger partial charge in [0.25, 0.3) is 0 Å². The maximum Gasteiger partial charge on any atom is 0.0253 e. The Bertz CT molecular complexity index is 1110. The second-order valence-corrected chi connectivity index (χ2v) is 8.30. The van der Waals surface area contributed by atoms with E-state index in [0.29, 0.717) is 5.92 Å². The second-order valence-electron chi connectivity index (χ2n) is 7.45. The van der Waals surface area contributed by atoms with Gasteiger partial charge in [-0.3, -0.25) is 0 Å². The minimum absolute atomic E-state index is 0.554. The number of benzene rings is 4. The average molecular weight is 413 g/mol. The SMILES string of the molecule is Brc1cccc2c3c(ccc12)CCC(Cc1ccccc1)c1ccccc1-3. The van der Waals surface area contributed by atoms with Gasteiger partial charge < -0.3 is 0 Å². The van der Waals surface area contributed by atoms with Gasteiger partial charge in [-0.05, 0) is 69.8 Å². The van der Waals surface area contributed by atoms with Crippen molar-refractivity contribution in [2.24, 2.45) is 0 Å². The zero-order valence-corrected chi connectivity index (χ0v) is 16.7. The zero-order chi connectivity index (χ0) is 18.2. The Labute approximate surface area is 169 Å². The smallest absolute Gasteiger partial charge is 0.0253 e. The van der Waals surface area contributed by atoms with Crippen LogP contribution in [0.25, 0.3) is 21.9 Å². The molecule has 0 aromatic heterocycles. The molecule has 0 aliphatic heterocycles. The number of aryl methyl sites for hydroxylation is 1. The fraction of sp³-hybridized carbons (Fsp3) is 0.154. The first-order chi connectivity index (χ1) is 13.3. The maximum atomic E-state index is 3.74. The van der Waals surface area contributed by atoms with Crippen LogP contribution in [0.3, 0.4) is 0 Å². The molecule has 0 nitrogen and oxygen atoms in total. The van der Waals surface area contributed by atoms with Gasteiger partial charge in [0.1, 0.15) is 0 Å². The molecule has 5 rings (SSSR count). The number of halogens is 1. The van der Waals surface area contributed by atoms with Crippen LogP contribution in [0.2, 0.25) is 0 Å². The minimum Gasteiger partial charge on any atom is -0.0622 e. The molecule has 1 aliphatic rings. The van der Waals surface area contributed by atoms with Crippen molar-refractivity contribution >= 4 is 26.7 Å². The molecule has 0 radical (unpaired) electrons. The quantitative estimate of drug-likeness (QED) is 0.318. The van der Waals surface area contributed by atoms with Crippen LogP contribution in [-0.4, -0.2) is 0 Å². The molecule has 0 N–H and O–H groups in total. The first kappa shape index (κ1) is 16.8. The van der Waals surface area contributed by atoms with Gasteiger partial charge in [-0.1, -0.05) is 94.8 Å². The van der Waals surface area contributed by atoms with Crippen LogP contribution >= 0.6 is 15.9 Å². The lowest BCUT2D eigenvalue weighted by Crippen LogP contribution is -2.04. The molecule has 0 bridgehead atoms. The van der Waals surface area contributed by atoms with Gasteiger partial charge in [-0.15, -0.1) is 0 Å². The monoisotopic (exact) mass is 412 g/mol. The predicted octanol–water partition coefficient (Wildman–Crippen LogP) is 7.54. The van der Waals surface area contributed by atoms with Crippen molar-refractivity contribution in [2.75, 3.05) is 0 Å². The lowest BCUT2D eigenvalue weighted by Gasteiger charge is -2.18. The lowest BCUT2D eigenvalue weighted by molar-refractivity contribution is 0.629. The van der Waals surface area contributed by atoms with Gasteiger partial charge in [0.15, 0.2) is 0 Å². The molecule has 0 fully saturated rings. The summed E-state index contributed by atoms with van der Waals surface area (Å²) < 4.78 is 1.17. The number of rotatable bonds is 2. The van der Waals surface area contributed by atoms with E-state index < -0.39 is 0 Å². The van der Waals surface area contributed by atoms with Gasteiger partial charge >= 0.3 is 0 Å². The molecular formula is C26H21Br. The van der Waals surface area contributed by atoms with E-state index in [4.69, 9.17) is 0 Å². The molecule has 4 aromatic rings. The zero-order valence-electron chi connectivity index (χ0n) is 15.2. The van der Waals surface area contributed by atoms with Crippen LogP contribution < -0.4 is 0 Å². The lowest BCUT2D eigenvalue weighted by atomic mass is 9.86. The van der Waals surface area contributed by atoms with Crippen LogP contribution in [0.1, 0.15) is 29.0 Å². The van der Waals surface area contributed by atoms with E-state index in [1.807, 2.05) is 0 Å². The Hall–Kier alpha value is -2.38. The molecule has 1 unspecified atom stereocenters. The van der Waals surface area contributed by atoms with Crippen molar-refractivity contribution in [1.82, 2.24) is 0 Å². The highest BCUT2D eigenvalue weighted by molar-refractivity contribution is 9.10. The van der Waals surface area contributed by atoms with Crippen LogP contribution in [0.5, 0.6) is 0 Å². The van der Waals surface area contributed by atoms with Gasteiger partial charge in [0.2, 0.25) is 0 Å². The Morgan fingerprint density at radius 3 is 2.44 bits per heavy atom. The van der Waals surface area contributed by atoms with Crippen molar-refractivity contribution in [1.29, 1.82) is 0 Å². The summed E-state index contributed by atoms with van der Waals surface area (Å²) in [6.07, 6.45) is 3.43. The second kappa shape index (κ2) is 6.98. The summed E-state index contributed by atoms with van der Waals surface area (Å²) in [4.78, 5) is 0. The summed E-state index contributed by atoms with van der Waals surface area (Å²) in [6.45, 7) is 0. The van der Waals surface area contributed by atoms with Crippen molar-refractivity contribution in [3.8, 4) is 11.1 Å². The molecule has 1 heteroatoms. The van der Waals surface area contributed by atoms with E-state index in [9.17, 15) is 0 Å². The van der Waals surface area contributed by atoms with Gasteiger partial charge in [-0.25, -0.2) is 0 Å². The normalized spacial score (nSPS) is 15.8. The molecule has 132 valence electrons. The highest BCUT2D eigenvalue weighted by Crippen LogP contribution is 2.43. The standard InChI is InChI=1S/C26H21Br/c27-25-12-6-11-24-22(25)16-15-19-13-14-20(17-18-7-2-1-3-8-18)21-9-4-5-10-23(21)26(19)24/h1-12,15-16,20H,13-14,17H2. The summed E-state index contributed by atoms with van der Waals surface area (Å²) in [5.41, 5.74) is 7.24. The summed E-state index contributed by atoms with van der Waals surface area (Å²) in [7, 11) is 0. The molecular weight excluding hydrogens is 392 g/mol. The fourth-order valence-electron chi connectivity index (χ4n) is 4.57. The van der Waals surface area contributed by atoms with Crippen LogP contribution in [-0.2, 0) is 12.8 Å². The highest BCUT2D eigenvalue weighted by atomic mass is 79.9. The third-order valence-corrected chi connectivity index (χ3v) is 6.54. The van der Waals surface area contributed by atoms with Crippen molar-refractivity contribution in [3.05, 3.63) is 106 Å². The van der Waals surface area contributed by atoms with E-state index >= 15 is 0 Å². The summed E-state index contributed by atoms with van der Waals surface area (Å²) >= 11 is 3.74. The first-order valence-electron chi connectivity index (χ1n) is 9.64. The van der Waals surface area contributed by atoms with E-state index in [0.717, 1.165) is 12.8 Å². The largest absolute Gasteiger partial charge is 0.0622 e. The fourth-order valence-corrected chi connectivity index (χ4v) is 5.07. The Kier molecular flexibility index (Phi) is 4.33. The van der Waals surface area contributed by atoms with Crippen LogP contribution in [0, 0.1) is 0 Å². The minimum atomic E-state index is 0.554. The molecule has 0 amide bonds. The van der Waals surface area contributed by atoms with Crippen molar-refractivity contribution < 1.29 is 0 Å². The highest BCUT2D eigenvalue weighted by Gasteiger charge is 2.24. The number of hydrogen-bond donors (Lipinski definition) is 0. The molecule has 0 spiro atoms. The molecule has 0 saturated heterocycles. The molecule has 0 heterocycles. The topological polar surface area (TPSA) is 0 Å². The summed E-state index contributed by atoms with van der Waals surface area (Å²) in [5, 5.41) is 2.65. The summed E-state index contributed by atoms with van der Waals surface area (Å²) in [5.74, 6) is 0.554. The van der Waals surface area contributed by atoms with Crippen LogP contribution in [0.15, 0.2) is 89.4 Å². The molecule has 1 atom stereocenters. The number of fused-ring (bicyclic) bond motifs is 5. The summed E-state index contributed by atoms with van der Waals surface area (Å²) in [6, 6.07) is 31.1. The predicted molar refractivity (Wildman–Crippen MR) is 118 cm³/mol. The van der Waals surface area contributed by atoms with Crippen molar-refractivity contribution in [2.45, 2.75) is 25.2 Å². The molecule has 0 saturated carbocycles. The van der Waals surface area contributed by atoms with E-state index in [2.05, 4.69) is 101 Å². The van der Waals surface area contributed by atoms with E-state index in [-0.39, 0.29) is 0 Å². The third-order valence-electron chi connectivity index (χ3n) is 5.85. The third kappa shape index (κ3) is 3.00. The Morgan fingerprint density at radius 1 is 0.741 bits per heavy atom. The Balaban J connectivity index is 1.70. The van der Waals surface area contributed by atoms with Crippen LogP contribution in [0.4, 0.5) is 0 Å². The molecule has 27 heavy (non-hydrogen) atoms. The average Bonchev–Trinajstić information content (AvgIpc) is 2.87. The van der Waals surface area contributed by atoms with Crippen molar-refractivity contribution in [3.63, 3.8) is 0 Å². The maximum absolute atomic E-state index is 3.74. The van der Waals surface area contributed by atoms with E-state index in [1.54, 1.807) is 0 Å². The van der Waals surface area contributed by atoms with Gasteiger partial charge in [0.05, 0.1) is 0 Å². The number of hydrogen-bond acceptors (Lipinski definition) is 0. The molecule has 4 aromatic carbocycles. The molecule has 1 aliphatic carbocycles. The Morgan fingerprint density at radius 2 is 1.56 bits per heavy atom. The first-order valence-corrected chi connectivity index (χ1v) is 10.4. The van der Waals surface area contributed by atoms with Gasteiger partial charge in [0, 0.05) is 4.47 Å². The van der Waals surface area contributed by atoms with E-state index in [1.165, 1.54) is 49.5 Å².